The molecular weight excluding hydrogens is 401 g/mol. The lowest BCUT2D eigenvalue weighted by atomic mass is 10.1. The first-order valence-corrected chi connectivity index (χ1v) is 8.31. The second-order valence-electron chi connectivity index (χ2n) is 5.49. The fraction of sp³-hybridized carbons (Fsp3) is 0.533. The molecule has 21 heavy (non-hydrogen) atoms. The lowest BCUT2D eigenvalue weighted by Gasteiger charge is -2.37. The average molecular weight is 422 g/mol. The smallest absolute Gasteiger partial charge is 0.253 e. The number of piperazine rings is 1. The normalized spacial score (nSPS) is 22.9. The summed E-state index contributed by atoms with van der Waals surface area (Å²) in [5, 5.41) is 3.41. The summed E-state index contributed by atoms with van der Waals surface area (Å²) < 4.78 is 1.11. The summed E-state index contributed by atoms with van der Waals surface area (Å²) in [7, 11) is 0. The number of carbonyl (C=O) groups is 1. The third kappa shape index (κ3) is 4.09. The van der Waals surface area contributed by atoms with Gasteiger partial charge in [-0.15, -0.1) is 12.4 Å². The van der Waals surface area contributed by atoms with Crippen LogP contribution in [0.15, 0.2) is 24.3 Å². The van der Waals surface area contributed by atoms with Crippen LogP contribution in [0.25, 0.3) is 0 Å². The van der Waals surface area contributed by atoms with E-state index in [9.17, 15) is 4.79 Å². The van der Waals surface area contributed by atoms with Crippen LogP contribution in [0.1, 0.15) is 16.8 Å². The van der Waals surface area contributed by atoms with Crippen molar-refractivity contribution >= 4 is 40.9 Å². The molecule has 6 heteroatoms. The Morgan fingerprint density at radius 1 is 1.24 bits per heavy atom. The van der Waals surface area contributed by atoms with E-state index >= 15 is 0 Å². The largest absolute Gasteiger partial charge is 0.336 e. The first-order chi connectivity index (χ1) is 9.74. The SMILES string of the molecule is Cl.O=C(c1cccc(I)c1)N1CCN(C2CCNC2)CC1. The van der Waals surface area contributed by atoms with Crippen LogP contribution < -0.4 is 5.32 Å². The summed E-state index contributed by atoms with van der Waals surface area (Å²) in [5.74, 6) is 0.174. The van der Waals surface area contributed by atoms with E-state index in [1.165, 1.54) is 6.42 Å². The highest BCUT2D eigenvalue weighted by atomic mass is 127. The van der Waals surface area contributed by atoms with E-state index in [-0.39, 0.29) is 18.3 Å². The predicted molar refractivity (Wildman–Crippen MR) is 95.2 cm³/mol. The van der Waals surface area contributed by atoms with Crippen molar-refractivity contribution in [1.29, 1.82) is 0 Å². The minimum Gasteiger partial charge on any atom is -0.336 e. The van der Waals surface area contributed by atoms with Gasteiger partial charge in [0.05, 0.1) is 0 Å². The minimum absolute atomic E-state index is 0. The highest BCUT2D eigenvalue weighted by Crippen LogP contribution is 2.15. The molecule has 0 spiro atoms. The van der Waals surface area contributed by atoms with Crippen LogP contribution in [0.4, 0.5) is 0 Å². The number of rotatable bonds is 2. The molecule has 1 amide bonds. The van der Waals surface area contributed by atoms with Gasteiger partial charge >= 0.3 is 0 Å². The van der Waals surface area contributed by atoms with Crippen molar-refractivity contribution < 1.29 is 4.79 Å². The zero-order valence-corrected chi connectivity index (χ0v) is 14.9. The molecule has 0 radical (unpaired) electrons. The van der Waals surface area contributed by atoms with E-state index in [4.69, 9.17) is 0 Å². The molecule has 2 aliphatic heterocycles. The van der Waals surface area contributed by atoms with Crippen molar-refractivity contribution in [3.05, 3.63) is 33.4 Å². The summed E-state index contributed by atoms with van der Waals surface area (Å²) >= 11 is 2.25. The van der Waals surface area contributed by atoms with E-state index < -0.39 is 0 Å². The van der Waals surface area contributed by atoms with Crippen LogP contribution in [-0.2, 0) is 0 Å². The molecule has 2 saturated heterocycles. The summed E-state index contributed by atoms with van der Waals surface area (Å²) in [4.78, 5) is 17.0. The van der Waals surface area contributed by atoms with Gasteiger partial charge in [0.15, 0.2) is 0 Å². The van der Waals surface area contributed by atoms with Gasteiger partial charge in [-0.25, -0.2) is 0 Å². The van der Waals surface area contributed by atoms with Crippen LogP contribution in [0, 0.1) is 3.57 Å². The summed E-state index contributed by atoms with van der Waals surface area (Å²) in [5.41, 5.74) is 0.813. The molecule has 1 aromatic rings. The van der Waals surface area contributed by atoms with Gasteiger partial charge in [0.25, 0.3) is 5.91 Å². The number of hydrogen-bond donors (Lipinski definition) is 1. The zero-order chi connectivity index (χ0) is 13.9. The van der Waals surface area contributed by atoms with Gasteiger partial charge in [-0.3, -0.25) is 9.69 Å². The molecule has 2 heterocycles. The fourth-order valence-corrected chi connectivity index (χ4v) is 3.59. The molecule has 1 aromatic carbocycles. The Hall–Kier alpha value is -0.370. The van der Waals surface area contributed by atoms with Crippen molar-refractivity contribution in [3.63, 3.8) is 0 Å². The molecule has 4 nitrogen and oxygen atoms in total. The van der Waals surface area contributed by atoms with Gasteiger partial charge in [-0.05, 0) is 53.8 Å². The van der Waals surface area contributed by atoms with Crippen LogP contribution in [0.5, 0.6) is 0 Å². The summed E-state index contributed by atoms with van der Waals surface area (Å²) in [6.07, 6.45) is 1.24. The maximum Gasteiger partial charge on any atom is 0.253 e. The van der Waals surface area contributed by atoms with Crippen molar-refractivity contribution in [3.8, 4) is 0 Å². The van der Waals surface area contributed by atoms with E-state index in [0.29, 0.717) is 6.04 Å². The molecule has 0 bridgehead atoms. The first kappa shape index (κ1) is 17.0. The Bertz CT molecular complexity index is 486. The van der Waals surface area contributed by atoms with Crippen molar-refractivity contribution in [1.82, 2.24) is 15.1 Å². The molecule has 1 atom stereocenters. The molecule has 2 fully saturated rings. The molecular formula is C15H21ClIN3O. The Morgan fingerprint density at radius 3 is 2.62 bits per heavy atom. The minimum atomic E-state index is 0. The van der Waals surface area contributed by atoms with E-state index in [1.807, 2.05) is 29.2 Å². The highest BCUT2D eigenvalue weighted by molar-refractivity contribution is 14.1. The number of halogens is 2. The Morgan fingerprint density at radius 2 is 2.00 bits per heavy atom. The second-order valence-corrected chi connectivity index (χ2v) is 6.73. The molecule has 116 valence electrons. The topological polar surface area (TPSA) is 35.6 Å². The van der Waals surface area contributed by atoms with Crippen LogP contribution in [-0.4, -0.2) is 61.0 Å². The van der Waals surface area contributed by atoms with Gasteiger partial charge in [-0.1, -0.05) is 6.07 Å². The zero-order valence-electron chi connectivity index (χ0n) is 11.9. The molecule has 2 aliphatic rings. The molecule has 0 aliphatic carbocycles. The number of hydrogen-bond acceptors (Lipinski definition) is 3. The maximum absolute atomic E-state index is 12.5. The fourth-order valence-electron chi connectivity index (χ4n) is 3.05. The maximum atomic E-state index is 12.5. The van der Waals surface area contributed by atoms with Crippen LogP contribution in [0.2, 0.25) is 0 Å². The summed E-state index contributed by atoms with van der Waals surface area (Å²) in [6, 6.07) is 8.52. The number of amides is 1. The van der Waals surface area contributed by atoms with Gasteiger partial charge in [-0.2, -0.15) is 0 Å². The molecule has 3 rings (SSSR count). The quantitative estimate of drug-likeness (QED) is 0.740. The monoisotopic (exact) mass is 421 g/mol. The third-order valence-corrected chi connectivity index (χ3v) is 4.89. The van der Waals surface area contributed by atoms with Crippen LogP contribution in [0.3, 0.4) is 0 Å². The van der Waals surface area contributed by atoms with Gasteiger partial charge in [0, 0.05) is 47.9 Å². The molecule has 1 N–H and O–H groups in total. The number of nitrogens with one attached hydrogen (secondary N) is 1. The number of benzene rings is 1. The molecule has 1 unspecified atom stereocenters. The Labute approximate surface area is 145 Å². The van der Waals surface area contributed by atoms with Crippen molar-refractivity contribution in [2.45, 2.75) is 12.5 Å². The van der Waals surface area contributed by atoms with E-state index in [2.05, 4.69) is 32.8 Å². The van der Waals surface area contributed by atoms with Crippen molar-refractivity contribution in [2.75, 3.05) is 39.3 Å². The number of nitrogens with zero attached hydrogens (tertiary/aromatic N) is 2. The molecule has 0 aromatic heterocycles. The predicted octanol–water partition coefficient (Wildman–Crippen LogP) is 1.83. The molecule has 0 saturated carbocycles. The van der Waals surface area contributed by atoms with Gasteiger partial charge in [0.1, 0.15) is 0 Å². The number of carbonyl (C=O) groups excluding carboxylic acids is 1. The second kappa shape index (κ2) is 7.76. The van der Waals surface area contributed by atoms with E-state index in [0.717, 1.165) is 48.4 Å². The van der Waals surface area contributed by atoms with Gasteiger partial charge < -0.3 is 10.2 Å². The van der Waals surface area contributed by atoms with Crippen molar-refractivity contribution in [2.24, 2.45) is 0 Å². The lowest BCUT2D eigenvalue weighted by molar-refractivity contribution is 0.0584. The highest BCUT2D eigenvalue weighted by Gasteiger charge is 2.28. The third-order valence-electron chi connectivity index (χ3n) is 4.22. The summed E-state index contributed by atoms with van der Waals surface area (Å²) in [6.45, 7) is 5.93. The van der Waals surface area contributed by atoms with Crippen LogP contribution >= 0.6 is 35.0 Å². The standard InChI is InChI=1S/C15H20IN3O.ClH/c16-13-3-1-2-12(10-13)15(20)19-8-6-18(7-9-19)14-4-5-17-11-14;/h1-3,10,14,17H,4-9,11H2;1H. The lowest BCUT2D eigenvalue weighted by Crippen LogP contribution is -2.52. The average Bonchev–Trinajstić information content (AvgIpc) is 3.01. The van der Waals surface area contributed by atoms with Gasteiger partial charge in [0.2, 0.25) is 0 Å². The Kier molecular flexibility index (Phi) is 6.28. The van der Waals surface area contributed by atoms with E-state index in [1.54, 1.807) is 0 Å². The Balaban J connectivity index is 0.00000161. The first-order valence-electron chi connectivity index (χ1n) is 7.23.